The highest BCUT2D eigenvalue weighted by molar-refractivity contribution is 7.97. The standard InChI is InChI=1S/C17H26N2OS.ClH/c1-13(15-7-9-18-10-8-15)11-17(20)19-16-5-3-14(4-6-16)12-21-2;/h3-6,13,15,18H,7-12H2,1-2H3,(H,19,20);1H. The van der Waals surface area contributed by atoms with Gasteiger partial charge in [0, 0.05) is 17.9 Å². The van der Waals surface area contributed by atoms with Crippen LogP contribution < -0.4 is 10.6 Å². The molecule has 1 atom stereocenters. The molecule has 1 aromatic carbocycles. The highest BCUT2D eigenvalue weighted by atomic mass is 35.5. The van der Waals surface area contributed by atoms with E-state index in [0.717, 1.165) is 24.5 Å². The molecule has 2 rings (SSSR count). The molecular weight excluding hydrogens is 316 g/mol. The molecule has 1 saturated heterocycles. The summed E-state index contributed by atoms with van der Waals surface area (Å²) < 4.78 is 0. The van der Waals surface area contributed by atoms with Crippen LogP contribution in [0.1, 0.15) is 31.7 Å². The van der Waals surface area contributed by atoms with Crippen LogP contribution in [0.15, 0.2) is 24.3 Å². The van der Waals surface area contributed by atoms with E-state index >= 15 is 0 Å². The van der Waals surface area contributed by atoms with Gasteiger partial charge in [-0.15, -0.1) is 12.4 Å². The van der Waals surface area contributed by atoms with Gasteiger partial charge >= 0.3 is 0 Å². The van der Waals surface area contributed by atoms with Gasteiger partial charge in [-0.05, 0) is 61.7 Å². The Morgan fingerprint density at radius 2 is 1.95 bits per heavy atom. The van der Waals surface area contributed by atoms with Crippen molar-refractivity contribution in [2.75, 3.05) is 24.7 Å². The first-order chi connectivity index (χ1) is 10.2. The topological polar surface area (TPSA) is 41.1 Å². The Balaban J connectivity index is 0.00000242. The molecular formula is C17H27ClN2OS. The van der Waals surface area contributed by atoms with Gasteiger partial charge in [-0.1, -0.05) is 19.1 Å². The smallest absolute Gasteiger partial charge is 0.224 e. The Kier molecular flexibility index (Phi) is 8.91. The third-order valence-corrected chi connectivity index (χ3v) is 4.87. The van der Waals surface area contributed by atoms with Crippen molar-refractivity contribution >= 4 is 35.8 Å². The summed E-state index contributed by atoms with van der Waals surface area (Å²) in [5.41, 5.74) is 2.20. The monoisotopic (exact) mass is 342 g/mol. The number of anilines is 1. The predicted molar refractivity (Wildman–Crippen MR) is 98.9 cm³/mol. The Morgan fingerprint density at radius 3 is 2.55 bits per heavy atom. The van der Waals surface area contributed by atoms with E-state index in [1.54, 1.807) is 11.8 Å². The summed E-state index contributed by atoms with van der Waals surface area (Å²) in [5, 5.41) is 6.40. The predicted octanol–water partition coefficient (Wildman–Crippen LogP) is 3.94. The number of benzene rings is 1. The van der Waals surface area contributed by atoms with E-state index in [-0.39, 0.29) is 18.3 Å². The second-order valence-corrected chi connectivity index (χ2v) is 6.81. The number of rotatable bonds is 6. The molecule has 1 aromatic rings. The van der Waals surface area contributed by atoms with E-state index in [9.17, 15) is 4.79 Å². The number of amides is 1. The van der Waals surface area contributed by atoms with Gasteiger partial charge in [-0.2, -0.15) is 11.8 Å². The summed E-state index contributed by atoms with van der Waals surface area (Å²) >= 11 is 1.81. The molecule has 1 amide bonds. The SMILES string of the molecule is CSCc1ccc(NC(=O)CC(C)C2CCNCC2)cc1.Cl. The molecule has 1 aliphatic heterocycles. The molecule has 0 bridgehead atoms. The van der Waals surface area contributed by atoms with Crippen LogP contribution in [0.5, 0.6) is 0 Å². The lowest BCUT2D eigenvalue weighted by atomic mass is 9.84. The largest absolute Gasteiger partial charge is 0.326 e. The maximum absolute atomic E-state index is 12.1. The maximum Gasteiger partial charge on any atom is 0.224 e. The minimum absolute atomic E-state index is 0. The molecule has 1 aliphatic rings. The van der Waals surface area contributed by atoms with Crippen LogP contribution in [0.3, 0.4) is 0 Å². The zero-order valence-corrected chi connectivity index (χ0v) is 15.1. The van der Waals surface area contributed by atoms with Crippen LogP contribution in [0.25, 0.3) is 0 Å². The van der Waals surface area contributed by atoms with Crippen LogP contribution in [-0.4, -0.2) is 25.3 Å². The Labute approximate surface area is 144 Å². The number of nitrogens with one attached hydrogen (secondary N) is 2. The number of halogens is 1. The second kappa shape index (κ2) is 10.1. The molecule has 1 fully saturated rings. The second-order valence-electron chi connectivity index (χ2n) is 5.95. The Hall–Kier alpha value is -0.710. The van der Waals surface area contributed by atoms with Crippen LogP contribution in [0.4, 0.5) is 5.69 Å². The van der Waals surface area contributed by atoms with Crippen LogP contribution in [-0.2, 0) is 10.5 Å². The number of thioether (sulfide) groups is 1. The molecule has 5 heteroatoms. The first kappa shape index (κ1) is 19.3. The van der Waals surface area contributed by atoms with E-state index in [1.165, 1.54) is 18.4 Å². The molecule has 2 N–H and O–H groups in total. The first-order valence-corrected chi connectivity index (χ1v) is 9.17. The highest BCUT2D eigenvalue weighted by Crippen LogP contribution is 2.24. The van der Waals surface area contributed by atoms with Gasteiger partial charge in [0.15, 0.2) is 0 Å². The average Bonchev–Trinajstić information content (AvgIpc) is 2.50. The molecule has 0 saturated carbocycles. The molecule has 0 radical (unpaired) electrons. The van der Waals surface area contributed by atoms with Gasteiger partial charge in [-0.25, -0.2) is 0 Å². The summed E-state index contributed by atoms with van der Waals surface area (Å²) in [6.07, 6.45) is 5.10. The van der Waals surface area contributed by atoms with E-state index < -0.39 is 0 Å². The van der Waals surface area contributed by atoms with Crippen molar-refractivity contribution in [2.45, 2.75) is 31.9 Å². The molecule has 3 nitrogen and oxygen atoms in total. The van der Waals surface area contributed by atoms with Crippen molar-refractivity contribution in [3.8, 4) is 0 Å². The Bertz CT molecular complexity index is 446. The van der Waals surface area contributed by atoms with E-state index in [2.05, 4.69) is 35.9 Å². The number of carbonyl (C=O) groups is 1. The molecule has 0 spiro atoms. The Morgan fingerprint density at radius 1 is 1.32 bits per heavy atom. The van der Waals surface area contributed by atoms with Crippen molar-refractivity contribution in [3.05, 3.63) is 29.8 Å². The van der Waals surface area contributed by atoms with Crippen molar-refractivity contribution in [1.82, 2.24) is 5.32 Å². The molecule has 0 aliphatic carbocycles. The summed E-state index contributed by atoms with van der Waals surface area (Å²) in [7, 11) is 0. The fourth-order valence-electron chi connectivity index (χ4n) is 2.94. The fraction of sp³-hybridized carbons (Fsp3) is 0.588. The van der Waals surface area contributed by atoms with Crippen LogP contribution in [0, 0.1) is 11.8 Å². The van der Waals surface area contributed by atoms with E-state index in [4.69, 9.17) is 0 Å². The van der Waals surface area contributed by atoms with Gasteiger partial charge in [0.05, 0.1) is 0 Å². The van der Waals surface area contributed by atoms with Crippen molar-refractivity contribution in [3.63, 3.8) is 0 Å². The van der Waals surface area contributed by atoms with Crippen molar-refractivity contribution < 1.29 is 4.79 Å². The lowest BCUT2D eigenvalue weighted by Crippen LogP contribution is -2.32. The first-order valence-electron chi connectivity index (χ1n) is 7.77. The van der Waals surface area contributed by atoms with Crippen molar-refractivity contribution in [2.24, 2.45) is 11.8 Å². The number of hydrogen-bond acceptors (Lipinski definition) is 3. The molecule has 124 valence electrons. The van der Waals surface area contributed by atoms with Gasteiger partial charge in [0.1, 0.15) is 0 Å². The minimum Gasteiger partial charge on any atom is -0.326 e. The third-order valence-electron chi connectivity index (χ3n) is 4.24. The highest BCUT2D eigenvalue weighted by Gasteiger charge is 2.21. The number of piperidine rings is 1. The number of carbonyl (C=O) groups excluding carboxylic acids is 1. The summed E-state index contributed by atoms with van der Waals surface area (Å²) in [4.78, 5) is 12.1. The van der Waals surface area contributed by atoms with Gasteiger partial charge in [-0.3, -0.25) is 4.79 Å². The fourth-order valence-corrected chi connectivity index (χ4v) is 3.46. The summed E-state index contributed by atoms with van der Waals surface area (Å²) in [6.45, 7) is 4.39. The third kappa shape index (κ3) is 6.19. The van der Waals surface area contributed by atoms with Gasteiger partial charge < -0.3 is 10.6 Å². The zero-order valence-electron chi connectivity index (χ0n) is 13.4. The van der Waals surface area contributed by atoms with Gasteiger partial charge in [0.2, 0.25) is 5.91 Å². The number of hydrogen-bond donors (Lipinski definition) is 2. The molecule has 1 heterocycles. The summed E-state index contributed by atoms with van der Waals surface area (Å²) in [5.74, 6) is 2.29. The van der Waals surface area contributed by atoms with Gasteiger partial charge in [0.25, 0.3) is 0 Å². The molecule has 0 aromatic heterocycles. The van der Waals surface area contributed by atoms with Crippen molar-refractivity contribution in [1.29, 1.82) is 0 Å². The van der Waals surface area contributed by atoms with E-state index in [1.807, 2.05) is 12.1 Å². The maximum atomic E-state index is 12.1. The normalized spacial score (nSPS) is 16.6. The average molecular weight is 343 g/mol. The minimum atomic E-state index is 0. The molecule has 1 unspecified atom stereocenters. The zero-order chi connectivity index (χ0) is 15.1. The summed E-state index contributed by atoms with van der Waals surface area (Å²) in [6, 6.07) is 8.17. The van der Waals surface area contributed by atoms with Crippen LogP contribution >= 0.6 is 24.2 Å². The molecule has 22 heavy (non-hydrogen) atoms. The van der Waals surface area contributed by atoms with Crippen LogP contribution in [0.2, 0.25) is 0 Å². The lowest BCUT2D eigenvalue weighted by molar-refractivity contribution is -0.117. The lowest BCUT2D eigenvalue weighted by Gasteiger charge is -2.27. The quantitative estimate of drug-likeness (QED) is 0.822. The van der Waals surface area contributed by atoms with E-state index in [0.29, 0.717) is 18.3 Å².